The van der Waals surface area contributed by atoms with E-state index in [1.165, 1.54) is 34.7 Å². The molecule has 0 atom stereocenters. The van der Waals surface area contributed by atoms with Gasteiger partial charge in [0.05, 0.1) is 0 Å². The van der Waals surface area contributed by atoms with Gasteiger partial charge < -0.3 is 4.74 Å². The highest BCUT2D eigenvalue weighted by Crippen LogP contribution is 2.47. The lowest BCUT2D eigenvalue weighted by molar-refractivity contribution is 0.330. The normalized spacial score (nSPS) is 17.9. The molecule has 1 aliphatic rings. The molecule has 3 aromatic rings. The molecule has 0 bridgehead atoms. The molecule has 0 aliphatic heterocycles. The zero-order valence-corrected chi connectivity index (χ0v) is 15.6. The summed E-state index contributed by atoms with van der Waals surface area (Å²) in [5, 5.41) is 2.45. The molecule has 0 saturated heterocycles. The first kappa shape index (κ1) is 16.2. The maximum Gasteiger partial charge on any atom is 0.128 e. The van der Waals surface area contributed by atoms with Crippen molar-refractivity contribution in [2.45, 2.75) is 51.4 Å². The third-order valence-corrected chi connectivity index (χ3v) is 5.78. The number of rotatable bonds is 2. The Bertz CT molecular complexity index is 934. The van der Waals surface area contributed by atoms with E-state index in [2.05, 4.69) is 88.4 Å². The van der Waals surface area contributed by atoms with Gasteiger partial charge in [-0.25, -0.2) is 0 Å². The summed E-state index contributed by atoms with van der Waals surface area (Å²) in [6.45, 7) is 9.40. The van der Waals surface area contributed by atoms with Crippen molar-refractivity contribution in [2.24, 2.45) is 0 Å². The second-order valence-corrected chi connectivity index (χ2v) is 8.59. The first-order valence-corrected chi connectivity index (χ1v) is 9.17. The van der Waals surface area contributed by atoms with Crippen LogP contribution in [0.25, 0.3) is 10.8 Å². The van der Waals surface area contributed by atoms with Crippen molar-refractivity contribution in [2.75, 3.05) is 0 Å². The predicted molar refractivity (Wildman–Crippen MR) is 106 cm³/mol. The molecule has 1 aliphatic carbocycles. The monoisotopic (exact) mass is 330 g/mol. The van der Waals surface area contributed by atoms with Crippen LogP contribution < -0.4 is 4.74 Å². The van der Waals surface area contributed by atoms with Crippen LogP contribution in [0.2, 0.25) is 0 Å². The van der Waals surface area contributed by atoms with E-state index in [-0.39, 0.29) is 10.8 Å². The van der Waals surface area contributed by atoms with Crippen molar-refractivity contribution in [3.63, 3.8) is 0 Å². The molecule has 25 heavy (non-hydrogen) atoms. The van der Waals surface area contributed by atoms with Crippen LogP contribution in [-0.2, 0) is 10.8 Å². The fourth-order valence-electron chi connectivity index (χ4n) is 4.00. The van der Waals surface area contributed by atoms with Crippen molar-refractivity contribution in [1.82, 2.24) is 0 Å². The van der Waals surface area contributed by atoms with E-state index in [1.807, 2.05) is 0 Å². The standard InChI is InChI=1S/C24H26O/c1-23(2)13-14-24(3,4)22-16-20(11-12-21(22)23)25-19-10-9-17-7-5-6-8-18(17)15-19/h5-12,15-16H,13-14H2,1-4H3. The molecule has 1 heteroatoms. The quantitative estimate of drug-likeness (QED) is 0.492. The highest BCUT2D eigenvalue weighted by molar-refractivity contribution is 5.83. The largest absolute Gasteiger partial charge is 0.457 e. The van der Waals surface area contributed by atoms with Gasteiger partial charge in [0, 0.05) is 0 Å². The van der Waals surface area contributed by atoms with E-state index in [4.69, 9.17) is 4.74 Å². The summed E-state index contributed by atoms with van der Waals surface area (Å²) < 4.78 is 6.21. The van der Waals surface area contributed by atoms with Crippen LogP contribution in [0.5, 0.6) is 11.5 Å². The number of hydrogen-bond donors (Lipinski definition) is 0. The van der Waals surface area contributed by atoms with Crippen LogP contribution >= 0.6 is 0 Å². The van der Waals surface area contributed by atoms with E-state index in [0.717, 1.165) is 11.5 Å². The fraction of sp³-hybridized carbons (Fsp3) is 0.333. The van der Waals surface area contributed by atoms with Crippen LogP contribution in [0.4, 0.5) is 0 Å². The lowest BCUT2D eigenvalue weighted by Gasteiger charge is -2.41. The van der Waals surface area contributed by atoms with Crippen LogP contribution in [0.15, 0.2) is 60.7 Å². The minimum absolute atomic E-state index is 0.202. The minimum Gasteiger partial charge on any atom is -0.457 e. The summed E-state index contributed by atoms with van der Waals surface area (Å²) in [6.07, 6.45) is 2.45. The molecule has 0 spiro atoms. The Morgan fingerprint density at radius 1 is 0.640 bits per heavy atom. The predicted octanol–water partition coefficient (Wildman–Crippen LogP) is 6.98. The molecule has 128 valence electrons. The van der Waals surface area contributed by atoms with Gasteiger partial charge >= 0.3 is 0 Å². The molecule has 0 radical (unpaired) electrons. The smallest absolute Gasteiger partial charge is 0.128 e. The van der Waals surface area contributed by atoms with Crippen molar-refractivity contribution in [3.8, 4) is 11.5 Å². The zero-order chi connectivity index (χ0) is 17.7. The molecule has 0 fully saturated rings. The number of ether oxygens (including phenoxy) is 1. The van der Waals surface area contributed by atoms with Gasteiger partial charge in [-0.1, -0.05) is 64.1 Å². The van der Waals surface area contributed by atoms with Crippen molar-refractivity contribution in [3.05, 3.63) is 71.8 Å². The molecule has 0 aromatic heterocycles. The summed E-state index contributed by atoms with van der Waals surface area (Å²) in [5.41, 5.74) is 3.34. The van der Waals surface area contributed by atoms with Gasteiger partial charge in [0.15, 0.2) is 0 Å². The van der Waals surface area contributed by atoms with Crippen LogP contribution in [0.3, 0.4) is 0 Å². The summed E-state index contributed by atoms with van der Waals surface area (Å²) >= 11 is 0. The van der Waals surface area contributed by atoms with Gasteiger partial charge in [-0.2, -0.15) is 0 Å². The third kappa shape index (κ3) is 2.93. The van der Waals surface area contributed by atoms with Gasteiger partial charge in [-0.15, -0.1) is 0 Å². The Kier molecular flexibility index (Phi) is 3.64. The summed E-state index contributed by atoms with van der Waals surface area (Å²) in [6, 6.07) is 21.3. The number of fused-ring (bicyclic) bond motifs is 2. The van der Waals surface area contributed by atoms with Crippen LogP contribution in [0, 0.1) is 0 Å². The van der Waals surface area contributed by atoms with Gasteiger partial charge in [0.2, 0.25) is 0 Å². The van der Waals surface area contributed by atoms with Crippen molar-refractivity contribution >= 4 is 10.8 Å². The first-order valence-electron chi connectivity index (χ1n) is 9.17. The second kappa shape index (κ2) is 5.62. The maximum absolute atomic E-state index is 6.21. The topological polar surface area (TPSA) is 9.23 Å². The van der Waals surface area contributed by atoms with E-state index in [1.54, 1.807) is 0 Å². The molecule has 0 amide bonds. The lowest BCUT2D eigenvalue weighted by Crippen LogP contribution is -2.33. The highest BCUT2D eigenvalue weighted by atomic mass is 16.5. The average Bonchev–Trinajstić information content (AvgIpc) is 2.59. The SMILES string of the molecule is CC1(C)CCC(C)(C)c2cc(Oc3ccc4ccccc4c3)ccc21. The Morgan fingerprint density at radius 3 is 2.00 bits per heavy atom. The Labute approximate surface area is 150 Å². The summed E-state index contributed by atoms with van der Waals surface area (Å²) in [4.78, 5) is 0. The average molecular weight is 330 g/mol. The van der Waals surface area contributed by atoms with Crippen LogP contribution in [-0.4, -0.2) is 0 Å². The van der Waals surface area contributed by atoms with E-state index in [9.17, 15) is 0 Å². The summed E-state index contributed by atoms with van der Waals surface area (Å²) in [5.74, 6) is 1.83. The molecule has 3 aromatic carbocycles. The van der Waals surface area contributed by atoms with E-state index >= 15 is 0 Å². The lowest BCUT2D eigenvalue weighted by atomic mass is 9.63. The molecular weight excluding hydrogens is 304 g/mol. The van der Waals surface area contributed by atoms with Gasteiger partial charge in [0.25, 0.3) is 0 Å². The Hall–Kier alpha value is -2.28. The molecule has 0 heterocycles. The van der Waals surface area contributed by atoms with Crippen molar-refractivity contribution in [1.29, 1.82) is 0 Å². The highest BCUT2D eigenvalue weighted by Gasteiger charge is 2.37. The first-order chi connectivity index (χ1) is 11.9. The molecule has 0 N–H and O–H groups in total. The number of benzene rings is 3. The third-order valence-electron chi connectivity index (χ3n) is 5.78. The van der Waals surface area contributed by atoms with Gasteiger partial charge in [-0.05, 0) is 69.8 Å². The fourth-order valence-corrected chi connectivity index (χ4v) is 4.00. The Balaban J connectivity index is 1.71. The Morgan fingerprint density at radius 2 is 1.24 bits per heavy atom. The van der Waals surface area contributed by atoms with Crippen LogP contribution in [0.1, 0.15) is 51.7 Å². The molecular formula is C24H26O. The minimum atomic E-state index is 0.202. The molecule has 0 saturated carbocycles. The second-order valence-electron chi connectivity index (χ2n) is 8.59. The summed E-state index contributed by atoms with van der Waals surface area (Å²) in [7, 11) is 0. The van der Waals surface area contributed by atoms with Gasteiger partial charge in [-0.3, -0.25) is 0 Å². The van der Waals surface area contributed by atoms with Gasteiger partial charge in [0.1, 0.15) is 11.5 Å². The van der Waals surface area contributed by atoms with Crippen molar-refractivity contribution < 1.29 is 4.74 Å². The molecule has 1 nitrogen and oxygen atoms in total. The van der Waals surface area contributed by atoms with E-state index in [0.29, 0.717) is 0 Å². The molecule has 4 rings (SSSR count). The maximum atomic E-state index is 6.21. The zero-order valence-electron chi connectivity index (χ0n) is 15.6. The number of hydrogen-bond acceptors (Lipinski definition) is 1. The molecule has 0 unspecified atom stereocenters. The van der Waals surface area contributed by atoms with E-state index < -0.39 is 0 Å².